The summed E-state index contributed by atoms with van der Waals surface area (Å²) in [4.78, 5) is 16.3. The fourth-order valence-electron chi connectivity index (χ4n) is 1.81. The van der Waals surface area contributed by atoms with Gasteiger partial charge in [0.2, 0.25) is 0 Å². The number of nitrogens with one attached hydrogen (secondary N) is 1. The van der Waals surface area contributed by atoms with Crippen LogP contribution in [0.4, 0.5) is 5.69 Å². The minimum Gasteiger partial charge on any atom is -0.354 e. The normalized spacial score (nSPS) is 11.2. The van der Waals surface area contributed by atoms with Crippen molar-refractivity contribution >= 4 is 11.6 Å². The predicted octanol–water partition coefficient (Wildman–Crippen LogP) is 1.26. The molecule has 8 nitrogen and oxygen atoms in total. The van der Waals surface area contributed by atoms with Crippen molar-refractivity contribution in [3.05, 3.63) is 35.2 Å². The molecule has 21 heavy (non-hydrogen) atoms. The molecule has 0 radical (unpaired) electrons. The van der Waals surface area contributed by atoms with Gasteiger partial charge in [-0.15, -0.1) is 6.58 Å². The van der Waals surface area contributed by atoms with Gasteiger partial charge < -0.3 is 10.2 Å². The summed E-state index contributed by atoms with van der Waals surface area (Å²) in [6, 6.07) is 0. The van der Waals surface area contributed by atoms with Crippen molar-refractivity contribution in [3.63, 3.8) is 0 Å². The Balaban J connectivity index is 2.37. The standard InChI is InChI=1S/C13H22N6O2/c1-4-5-6-8-17(3)13(14-2)15-7-9-18-11-12(10-16-18)19(20)21/h4,10-11H,1,5-9H2,2-3H3,(H,14,15). The molecule has 0 aliphatic heterocycles. The van der Waals surface area contributed by atoms with Gasteiger partial charge in [0.25, 0.3) is 0 Å². The second-order valence-corrected chi connectivity index (χ2v) is 4.55. The van der Waals surface area contributed by atoms with Crippen molar-refractivity contribution < 1.29 is 4.92 Å². The molecule has 0 saturated heterocycles. The molecule has 116 valence electrons. The summed E-state index contributed by atoms with van der Waals surface area (Å²) < 4.78 is 1.54. The molecule has 1 N–H and O–H groups in total. The smallest absolute Gasteiger partial charge is 0.306 e. The first-order chi connectivity index (χ1) is 10.1. The molecule has 0 saturated carbocycles. The zero-order chi connectivity index (χ0) is 15.7. The van der Waals surface area contributed by atoms with Crippen molar-refractivity contribution in [1.29, 1.82) is 0 Å². The molecule has 0 aliphatic rings. The molecule has 1 heterocycles. The largest absolute Gasteiger partial charge is 0.354 e. The number of nitro groups is 1. The van der Waals surface area contributed by atoms with Crippen LogP contribution >= 0.6 is 0 Å². The highest BCUT2D eigenvalue weighted by Gasteiger charge is 2.09. The van der Waals surface area contributed by atoms with Crippen molar-refractivity contribution in [3.8, 4) is 0 Å². The summed E-state index contributed by atoms with van der Waals surface area (Å²) in [5, 5.41) is 17.7. The number of rotatable bonds is 8. The number of hydrogen-bond acceptors (Lipinski definition) is 4. The maximum Gasteiger partial charge on any atom is 0.306 e. The van der Waals surface area contributed by atoms with Crippen LogP contribution in [0.25, 0.3) is 0 Å². The first kappa shape index (κ1) is 16.7. The minimum atomic E-state index is -0.455. The molecule has 8 heteroatoms. The molecule has 0 spiro atoms. The van der Waals surface area contributed by atoms with Gasteiger partial charge in [0.15, 0.2) is 5.96 Å². The van der Waals surface area contributed by atoms with E-state index < -0.39 is 4.92 Å². The highest BCUT2D eigenvalue weighted by molar-refractivity contribution is 5.79. The van der Waals surface area contributed by atoms with Crippen LogP contribution in [0.5, 0.6) is 0 Å². The Bertz CT molecular complexity index is 497. The molecule has 0 fully saturated rings. The van der Waals surface area contributed by atoms with Gasteiger partial charge in [-0.05, 0) is 12.8 Å². The van der Waals surface area contributed by atoms with Gasteiger partial charge in [0.1, 0.15) is 12.4 Å². The zero-order valence-corrected chi connectivity index (χ0v) is 12.5. The van der Waals surface area contributed by atoms with Gasteiger partial charge in [-0.3, -0.25) is 19.8 Å². The Kier molecular flexibility index (Phi) is 6.93. The van der Waals surface area contributed by atoms with Crippen LogP contribution in [-0.4, -0.2) is 52.7 Å². The van der Waals surface area contributed by atoms with Crippen LogP contribution in [0.15, 0.2) is 30.0 Å². The van der Waals surface area contributed by atoms with Crippen LogP contribution in [0.3, 0.4) is 0 Å². The topological polar surface area (TPSA) is 88.6 Å². The van der Waals surface area contributed by atoms with Crippen molar-refractivity contribution in [2.45, 2.75) is 19.4 Å². The predicted molar refractivity (Wildman–Crippen MR) is 82.3 cm³/mol. The first-order valence-corrected chi connectivity index (χ1v) is 6.78. The number of nitrogens with zero attached hydrogens (tertiary/aromatic N) is 5. The van der Waals surface area contributed by atoms with Crippen LogP contribution in [0, 0.1) is 10.1 Å². The third-order valence-corrected chi connectivity index (χ3v) is 2.93. The van der Waals surface area contributed by atoms with E-state index in [1.807, 2.05) is 18.0 Å². The van der Waals surface area contributed by atoms with E-state index in [9.17, 15) is 10.1 Å². The Morgan fingerprint density at radius 2 is 2.48 bits per heavy atom. The number of guanidine groups is 1. The second kappa shape index (κ2) is 8.72. The molecular formula is C13H22N6O2. The van der Waals surface area contributed by atoms with Gasteiger partial charge in [0, 0.05) is 27.2 Å². The van der Waals surface area contributed by atoms with Crippen LogP contribution in [0.1, 0.15) is 12.8 Å². The van der Waals surface area contributed by atoms with Gasteiger partial charge in [-0.2, -0.15) is 5.10 Å². The molecule has 0 unspecified atom stereocenters. The fourth-order valence-corrected chi connectivity index (χ4v) is 1.81. The Morgan fingerprint density at radius 3 is 3.05 bits per heavy atom. The van der Waals surface area contributed by atoms with Crippen molar-refractivity contribution in [2.75, 3.05) is 27.2 Å². The molecular weight excluding hydrogens is 272 g/mol. The lowest BCUT2D eigenvalue weighted by molar-refractivity contribution is -0.385. The molecule has 0 amide bonds. The van der Waals surface area contributed by atoms with Crippen molar-refractivity contribution in [2.24, 2.45) is 4.99 Å². The van der Waals surface area contributed by atoms with Crippen LogP contribution in [0.2, 0.25) is 0 Å². The van der Waals surface area contributed by atoms with Gasteiger partial charge in [-0.1, -0.05) is 6.08 Å². The molecule has 1 aromatic rings. The second-order valence-electron chi connectivity index (χ2n) is 4.55. The lowest BCUT2D eigenvalue weighted by Crippen LogP contribution is -2.40. The number of hydrogen-bond donors (Lipinski definition) is 1. The fraction of sp³-hybridized carbons (Fsp3) is 0.538. The molecule has 1 rings (SSSR count). The average Bonchev–Trinajstić information content (AvgIpc) is 2.93. The van der Waals surface area contributed by atoms with E-state index in [0.717, 1.165) is 25.3 Å². The average molecular weight is 294 g/mol. The van der Waals surface area contributed by atoms with Crippen molar-refractivity contribution in [1.82, 2.24) is 20.0 Å². The number of aromatic nitrogens is 2. The third kappa shape index (κ3) is 5.64. The minimum absolute atomic E-state index is 0.000857. The third-order valence-electron chi connectivity index (χ3n) is 2.93. The maximum atomic E-state index is 10.6. The van der Waals surface area contributed by atoms with Crippen LogP contribution in [-0.2, 0) is 6.54 Å². The van der Waals surface area contributed by atoms with E-state index >= 15 is 0 Å². The van der Waals surface area contributed by atoms with Gasteiger partial charge >= 0.3 is 5.69 Å². The summed E-state index contributed by atoms with van der Waals surface area (Å²) in [5.74, 6) is 0.792. The van der Waals surface area contributed by atoms with E-state index in [0.29, 0.717) is 13.1 Å². The molecule has 1 aromatic heterocycles. The van der Waals surface area contributed by atoms with E-state index in [1.165, 1.54) is 17.1 Å². The maximum absolute atomic E-state index is 10.6. The lowest BCUT2D eigenvalue weighted by atomic mass is 10.3. The molecule has 0 aromatic carbocycles. The van der Waals surface area contributed by atoms with E-state index in [1.54, 1.807) is 7.05 Å². The molecule has 0 aliphatic carbocycles. The summed E-state index contributed by atoms with van der Waals surface area (Å²) >= 11 is 0. The summed E-state index contributed by atoms with van der Waals surface area (Å²) in [6.45, 7) is 5.72. The Labute approximate surface area is 124 Å². The lowest BCUT2D eigenvalue weighted by Gasteiger charge is -2.21. The van der Waals surface area contributed by atoms with E-state index in [2.05, 4.69) is 22.0 Å². The Hall–Kier alpha value is -2.38. The van der Waals surface area contributed by atoms with Crippen LogP contribution < -0.4 is 5.32 Å². The summed E-state index contributed by atoms with van der Waals surface area (Å²) in [7, 11) is 3.70. The summed E-state index contributed by atoms with van der Waals surface area (Å²) in [6.07, 6.45) is 6.55. The van der Waals surface area contributed by atoms with E-state index in [4.69, 9.17) is 0 Å². The zero-order valence-electron chi connectivity index (χ0n) is 12.5. The first-order valence-electron chi connectivity index (χ1n) is 6.78. The highest BCUT2D eigenvalue weighted by Crippen LogP contribution is 2.06. The SMILES string of the molecule is C=CCCCN(C)C(=NC)NCCn1cc([N+](=O)[O-])cn1. The van der Waals surface area contributed by atoms with E-state index in [-0.39, 0.29) is 5.69 Å². The summed E-state index contributed by atoms with van der Waals surface area (Å²) in [5.41, 5.74) is 0.000857. The van der Waals surface area contributed by atoms with Gasteiger partial charge in [-0.25, -0.2) is 0 Å². The highest BCUT2D eigenvalue weighted by atomic mass is 16.6. The monoisotopic (exact) mass is 294 g/mol. The Morgan fingerprint density at radius 1 is 1.71 bits per heavy atom. The number of unbranched alkanes of at least 4 members (excludes halogenated alkanes) is 1. The number of allylic oxidation sites excluding steroid dienone is 1. The molecule has 0 atom stereocenters. The number of aliphatic imine (C=N–C) groups is 1. The quantitative estimate of drug-likeness (QED) is 0.195. The van der Waals surface area contributed by atoms with Gasteiger partial charge in [0.05, 0.1) is 11.5 Å². The molecule has 0 bridgehead atoms.